The van der Waals surface area contributed by atoms with Gasteiger partial charge in [-0.2, -0.15) is 10.4 Å². The highest BCUT2D eigenvalue weighted by molar-refractivity contribution is 7.91. The number of pyridine rings is 1. The van der Waals surface area contributed by atoms with Crippen LogP contribution in [0.15, 0.2) is 69.7 Å². The standard InChI is InChI=1S/C30H39N7O5S/c1-22(2)37(14-16-38)15-20-43(40,41)26-11-9-25(10-12-26)35-36-28-23(3)27(21-31)29(33-24-7-5-4-6-8-24)34-30(28)32-13-18-42-19-17-39/h4-12,22,38-39H,13-20H2,1-3H3,(H2,32,33,34)/b36-35+. The van der Waals surface area contributed by atoms with Gasteiger partial charge in [0, 0.05) is 36.9 Å². The van der Waals surface area contributed by atoms with Crippen molar-refractivity contribution in [3.63, 3.8) is 0 Å². The molecule has 1 aromatic heterocycles. The molecule has 0 unspecified atom stereocenters. The molecule has 0 saturated carbocycles. The number of aliphatic hydroxyl groups is 2. The van der Waals surface area contributed by atoms with E-state index in [1.165, 1.54) is 12.1 Å². The van der Waals surface area contributed by atoms with Crippen molar-refractivity contribution < 1.29 is 23.4 Å². The SMILES string of the molecule is Cc1c(C#N)c(Nc2ccccc2)nc(NCCOCCO)c1/N=N/c1ccc(S(=O)(=O)CCN(CCO)C(C)C)cc1. The van der Waals surface area contributed by atoms with E-state index >= 15 is 0 Å². The van der Waals surface area contributed by atoms with Crippen LogP contribution in [0.25, 0.3) is 0 Å². The highest BCUT2D eigenvalue weighted by Crippen LogP contribution is 2.35. The topological polar surface area (TPSA) is 173 Å². The van der Waals surface area contributed by atoms with Crippen LogP contribution >= 0.6 is 0 Å². The minimum Gasteiger partial charge on any atom is -0.395 e. The quantitative estimate of drug-likeness (QED) is 0.128. The fourth-order valence-electron chi connectivity index (χ4n) is 4.17. The number of aromatic nitrogens is 1. The Morgan fingerprint density at radius 2 is 1.72 bits per heavy atom. The van der Waals surface area contributed by atoms with E-state index in [9.17, 15) is 18.8 Å². The van der Waals surface area contributed by atoms with E-state index < -0.39 is 9.84 Å². The molecule has 0 spiro atoms. The van der Waals surface area contributed by atoms with Gasteiger partial charge < -0.3 is 25.6 Å². The predicted octanol–water partition coefficient (Wildman–Crippen LogP) is 4.32. The van der Waals surface area contributed by atoms with Gasteiger partial charge in [0.2, 0.25) is 0 Å². The Hall–Kier alpha value is -3.93. The lowest BCUT2D eigenvalue weighted by molar-refractivity contribution is 0.0992. The van der Waals surface area contributed by atoms with Gasteiger partial charge in [0.1, 0.15) is 11.8 Å². The Bertz CT molecular complexity index is 1490. The maximum absolute atomic E-state index is 12.9. The molecule has 0 saturated heterocycles. The zero-order chi connectivity index (χ0) is 31.2. The molecule has 0 radical (unpaired) electrons. The van der Waals surface area contributed by atoms with Gasteiger partial charge in [0.05, 0.1) is 48.3 Å². The van der Waals surface area contributed by atoms with Crippen LogP contribution in [0.3, 0.4) is 0 Å². The highest BCUT2D eigenvalue weighted by Gasteiger charge is 2.19. The van der Waals surface area contributed by atoms with Crippen molar-refractivity contribution in [1.29, 1.82) is 5.26 Å². The number of ether oxygens (including phenoxy) is 1. The molecule has 3 rings (SSSR count). The number of aliphatic hydroxyl groups excluding tert-OH is 2. The van der Waals surface area contributed by atoms with Crippen molar-refractivity contribution in [2.45, 2.75) is 31.7 Å². The van der Waals surface area contributed by atoms with Crippen LogP contribution in [-0.4, -0.2) is 86.4 Å². The average molecular weight is 610 g/mol. The first-order valence-electron chi connectivity index (χ1n) is 14.0. The zero-order valence-electron chi connectivity index (χ0n) is 24.7. The lowest BCUT2D eigenvalue weighted by Gasteiger charge is -2.25. The monoisotopic (exact) mass is 609 g/mol. The largest absolute Gasteiger partial charge is 0.395 e. The Balaban J connectivity index is 1.86. The molecule has 3 aromatic rings. The molecule has 1 heterocycles. The van der Waals surface area contributed by atoms with Crippen molar-refractivity contribution in [1.82, 2.24) is 9.88 Å². The first-order valence-corrected chi connectivity index (χ1v) is 15.6. The number of para-hydroxylation sites is 1. The zero-order valence-corrected chi connectivity index (χ0v) is 25.5. The van der Waals surface area contributed by atoms with Gasteiger partial charge in [-0.1, -0.05) is 18.2 Å². The number of azo groups is 1. The normalized spacial score (nSPS) is 11.8. The van der Waals surface area contributed by atoms with Crippen LogP contribution in [0.5, 0.6) is 0 Å². The first-order chi connectivity index (χ1) is 20.7. The smallest absolute Gasteiger partial charge is 0.179 e. The maximum atomic E-state index is 12.9. The van der Waals surface area contributed by atoms with Crippen molar-refractivity contribution in [3.8, 4) is 6.07 Å². The Kier molecular flexibility index (Phi) is 13.0. The third-order valence-electron chi connectivity index (χ3n) is 6.56. The van der Waals surface area contributed by atoms with Crippen LogP contribution in [0.1, 0.15) is 25.0 Å². The lowest BCUT2D eigenvalue weighted by atomic mass is 10.1. The van der Waals surface area contributed by atoms with Crippen LogP contribution in [0.2, 0.25) is 0 Å². The molecule has 0 aliphatic rings. The van der Waals surface area contributed by atoms with E-state index in [0.717, 1.165) is 5.69 Å². The Labute approximate surface area is 253 Å². The number of nitrogens with zero attached hydrogens (tertiary/aromatic N) is 5. The third-order valence-corrected chi connectivity index (χ3v) is 8.27. The van der Waals surface area contributed by atoms with Crippen molar-refractivity contribution in [2.75, 3.05) is 62.4 Å². The molecule has 0 fully saturated rings. The van der Waals surface area contributed by atoms with Crippen LogP contribution in [-0.2, 0) is 14.6 Å². The molecule has 0 aliphatic carbocycles. The molecule has 0 aliphatic heterocycles. The Morgan fingerprint density at radius 3 is 2.35 bits per heavy atom. The minimum atomic E-state index is -3.55. The second kappa shape index (κ2) is 16.6. The number of benzene rings is 2. The fourth-order valence-corrected chi connectivity index (χ4v) is 5.43. The number of sulfone groups is 1. The molecular formula is C30H39N7O5S. The van der Waals surface area contributed by atoms with Crippen LogP contribution in [0, 0.1) is 18.3 Å². The number of hydrogen-bond acceptors (Lipinski definition) is 12. The van der Waals surface area contributed by atoms with Gasteiger partial charge in [-0.15, -0.1) is 5.11 Å². The molecule has 43 heavy (non-hydrogen) atoms. The molecule has 4 N–H and O–H groups in total. The van der Waals surface area contributed by atoms with Gasteiger partial charge >= 0.3 is 0 Å². The summed E-state index contributed by atoms with van der Waals surface area (Å²) in [4.78, 5) is 6.72. The summed E-state index contributed by atoms with van der Waals surface area (Å²) in [5.74, 6) is 0.658. The van der Waals surface area contributed by atoms with Crippen molar-refractivity contribution in [2.24, 2.45) is 10.2 Å². The summed E-state index contributed by atoms with van der Waals surface area (Å²) in [6.45, 7) is 7.15. The van der Waals surface area contributed by atoms with Gasteiger partial charge in [-0.25, -0.2) is 13.4 Å². The molecule has 13 heteroatoms. The van der Waals surface area contributed by atoms with E-state index in [1.54, 1.807) is 19.1 Å². The van der Waals surface area contributed by atoms with Crippen LogP contribution < -0.4 is 10.6 Å². The fraction of sp³-hybridized carbons (Fsp3) is 0.400. The summed E-state index contributed by atoms with van der Waals surface area (Å²) < 4.78 is 31.2. The lowest BCUT2D eigenvalue weighted by Crippen LogP contribution is -2.37. The molecule has 0 amide bonds. The third kappa shape index (κ3) is 9.81. The molecule has 12 nitrogen and oxygen atoms in total. The van der Waals surface area contributed by atoms with Crippen LogP contribution in [0.4, 0.5) is 28.7 Å². The highest BCUT2D eigenvalue weighted by atomic mass is 32.2. The van der Waals surface area contributed by atoms with E-state index in [-0.39, 0.29) is 36.5 Å². The van der Waals surface area contributed by atoms with Gasteiger partial charge in [-0.05, 0) is 57.2 Å². The number of nitrogens with one attached hydrogen (secondary N) is 2. The van der Waals surface area contributed by atoms with Gasteiger partial charge in [-0.3, -0.25) is 4.90 Å². The summed E-state index contributed by atoms with van der Waals surface area (Å²) in [6, 6.07) is 17.8. The molecule has 2 aromatic carbocycles. The van der Waals surface area contributed by atoms with Gasteiger partial charge in [0.25, 0.3) is 0 Å². The second-order valence-corrected chi connectivity index (χ2v) is 12.0. The summed E-state index contributed by atoms with van der Waals surface area (Å²) in [7, 11) is -3.55. The first kappa shape index (κ1) is 33.6. The molecule has 0 bridgehead atoms. The molecule has 0 atom stereocenters. The van der Waals surface area contributed by atoms with Crippen molar-refractivity contribution in [3.05, 3.63) is 65.7 Å². The summed E-state index contributed by atoms with van der Waals surface area (Å²) in [6.07, 6.45) is 0. The second-order valence-electron chi connectivity index (χ2n) is 9.89. The summed E-state index contributed by atoms with van der Waals surface area (Å²) >= 11 is 0. The summed E-state index contributed by atoms with van der Waals surface area (Å²) in [5.41, 5.74) is 2.39. The average Bonchev–Trinajstić information content (AvgIpc) is 2.99. The van der Waals surface area contributed by atoms with E-state index in [1.807, 2.05) is 49.1 Å². The molecule has 230 valence electrons. The minimum absolute atomic E-state index is 0.0379. The number of hydrogen-bond donors (Lipinski definition) is 4. The van der Waals surface area contributed by atoms with E-state index in [4.69, 9.17) is 9.84 Å². The predicted molar refractivity (Wildman–Crippen MR) is 166 cm³/mol. The maximum Gasteiger partial charge on any atom is 0.179 e. The number of anilines is 3. The number of rotatable bonds is 17. The van der Waals surface area contributed by atoms with E-state index in [0.29, 0.717) is 60.4 Å². The van der Waals surface area contributed by atoms with E-state index in [2.05, 4.69) is 31.9 Å². The number of nitriles is 1. The van der Waals surface area contributed by atoms with Crippen molar-refractivity contribution >= 4 is 38.5 Å². The molecular weight excluding hydrogens is 570 g/mol. The Morgan fingerprint density at radius 1 is 1.00 bits per heavy atom. The summed E-state index contributed by atoms with van der Waals surface area (Å²) in [5, 5.41) is 43.2. The van der Waals surface area contributed by atoms with Gasteiger partial charge in [0.15, 0.2) is 21.5 Å².